The van der Waals surface area contributed by atoms with Crippen LogP contribution in [0.4, 0.5) is 0 Å². The molecule has 5 heteroatoms. The summed E-state index contributed by atoms with van der Waals surface area (Å²) in [5.74, 6) is 2.24. The molecule has 1 aliphatic heterocycles. The second kappa shape index (κ2) is 11.7. The Bertz CT molecular complexity index is 481. The molecule has 2 atom stereocenters. The van der Waals surface area contributed by atoms with E-state index in [0.29, 0.717) is 11.8 Å². The van der Waals surface area contributed by atoms with Gasteiger partial charge in [-0.1, -0.05) is 37.3 Å². The third-order valence-electron chi connectivity index (χ3n) is 4.51. The standard InChI is InChI=1S/C19H31N3O.HI/c1-4-20-19(22-13-11-17(14-22)15-23-3)21-12-10-16(2)18-8-6-5-7-9-18;/h5-9,16-17H,4,10-15H2,1-3H3,(H,20,21);1H. The zero-order valence-electron chi connectivity index (χ0n) is 15.2. The van der Waals surface area contributed by atoms with E-state index in [9.17, 15) is 0 Å². The molecule has 0 radical (unpaired) electrons. The lowest BCUT2D eigenvalue weighted by Gasteiger charge is -2.22. The van der Waals surface area contributed by atoms with E-state index in [1.807, 2.05) is 0 Å². The van der Waals surface area contributed by atoms with Crippen LogP contribution in [0.25, 0.3) is 0 Å². The van der Waals surface area contributed by atoms with Gasteiger partial charge in [-0.25, -0.2) is 0 Å². The lowest BCUT2D eigenvalue weighted by molar-refractivity contribution is 0.157. The minimum atomic E-state index is 0. The summed E-state index contributed by atoms with van der Waals surface area (Å²) in [5, 5.41) is 3.44. The summed E-state index contributed by atoms with van der Waals surface area (Å²) in [7, 11) is 1.78. The van der Waals surface area contributed by atoms with Crippen molar-refractivity contribution in [1.82, 2.24) is 10.2 Å². The number of guanidine groups is 1. The number of ether oxygens (including phenoxy) is 1. The summed E-state index contributed by atoms with van der Waals surface area (Å²) in [4.78, 5) is 7.22. The van der Waals surface area contributed by atoms with E-state index >= 15 is 0 Å². The monoisotopic (exact) mass is 445 g/mol. The van der Waals surface area contributed by atoms with Crippen molar-refractivity contribution in [3.8, 4) is 0 Å². The van der Waals surface area contributed by atoms with Gasteiger partial charge in [-0.2, -0.15) is 0 Å². The fraction of sp³-hybridized carbons (Fsp3) is 0.632. The van der Waals surface area contributed by atoms with E-state index in [-0.39, 0.29) is 24.0 Å². The number of nitrogens with zero attached hydrogens (tertiary/aromatic N) is 2. The molecule has 1 saturated heterocycles. The van der Waals surface area contributed by atoms with Crippen LogP contribution in [0.1, 0.15) is 38.2 Å². The second-order valence-corrected chi connectivity index (χ2v) is 6.39. The number of rotatable bonds is 7. The van der Waals surface area contributed by atoms with Crippen LogP contribution in [0, 0.1) is 5.92 Å². The number of methoxy groups -OCH3 is 1. The van der Waals surface area contributed by atoms with E-state index in [1.165, 1.54) is 12.0 Å². The van der Waals surface area contributed by atoms with Gasteiger partial charge in [0.25, 0.3) is 0 Å². The van der Waals surface area contributed by atoms with Crippen LogP contribution in [0.2, 0.25) is 0 Å². The molecule has 1 heterocycles. The molecule has 0 aromatic heterocycles. The molecule has 4 nitrogen and oxygen atoms in total. The lowest BCUT2D eigenvalue weighted by Crippen LogP contribution is -2.40. The minimum absolute atomic E-state index is 0. The summed E-state index contributed by atoms with van der Waals surface area (Å²) >= 11 is 0. The molecule has 1 aliphatic rings. The lowest BCUT2D eigenvalue weighted by atomic mass is 9.98. The van der Waals surface area contributed by atoms with Crippen molar-refractivity contribution in [1.29, 1.82) is 0 Å². The van der Waals surface area contributed by atoms with Crippen molar-refractivity contribution in [3.05, 3.63) is 35.9 Å². The number of benzene rings is 1. The van der Waals surface area contributed by atoms with Crippen LogP contribution in [-0.2, 0) is 4.74 Å². The molecule has 0 bridgehead atoms. The number of nitrogens with one attached hydrogen (secondary N) is 1. The highest BCUT2D eigenvalue weighted by Gasteiger charge is 2.24. The van der Waals surface area contributed by atoms with E-state index in [4.69, 9.17) is 9.73 Å². The number of halogens is 1. The Kier molecular flexibility index (Phi) is 10.3. The zero-order chi connectivity index (χ0) is 16.5. The van der Waals surface area contributed by atoms with Gasteiger partial charge in [0.2, 0.25) is 0 Å². The molecular weight excluding hydrogens is 413 g/mol. The first kappa shape index (κ1) is 21.2. The van der Waals surface area contributed by atoms with Gasteiger partial charge in [0, 0.05) is 39.2 Å². The Morgan fingerprint density at radius 3 is 2.79 bits per heavy atom. The number of aliphatic imine (C=N–C) groups is 1. The smallest absolute Gasteiger partial charge is 0.193 e. The molecule has 2 rings (SSSR count). The maximum Gasteiger partial charge on any atom is 0.193 e. The van der Waals surface area contributed by atoms with Crippen LogP contribution in [0.3, 0.4) is 0 Å². The number of hydrogen-bond donors (Lipinski definition) is 1. The Hall–Kier alpha value is -0.820. The SMILES string of the molecule is CCNC(=NCCC(C)c1ccccc1)N1CCC(COC)C1.I. The number of likely N-dealkylation sites (tertiary alicyclic amines) is 1. The van der Waals surface area contributed by atoms with Crippen LogP contribution >= 0.6 is 24.0 Å². The van der Waals surface area contributed by atoms with Gasteiger partial charge in [0.05, 0.1) is 6.61 Å². The molecule has 136 valence electrons. The van der Waals surface area contributed by atoms with Gasteiger partial charge < -0.3 is 15.0 Å². The van der Waals surface area contributed by atoms with Gasteiger partial charge in [0.15, 0.2) is 5.96 Å². The van der Waals surface area contributed by atoms with Gasteiger partial charge in [-0.15, -0.1) is 24.0 Å². The Labute approximate surface area is 164 Å². The highest BCUT2D eigenvalue weighted by molar-refractivity contribution is 14.0. The summed E-state index contributed by atoms with van der Waals surface area (Å²) in [6, 6.07) is 10.7. The van der Waals surface area contributed by atoms with Gasteiger partial charge >= 0.3 is 0 Å². The Balaban J connectivity index is 0.00000288. The third-order valence-corrected chi connectivity index (χ3v) is 4.51. The van der Waals surface area contributed by atoms with Crippen molar-refractivity contribution in [2.75, 3.05) is 39.9 Å². The Morgan fingerprint density at radius 1 is 1.38 bits per heavy atom. The maximum absolute atomic E-state index is 5.29. The van der Waals surface area contributed by atoms with E-state index in [2.05, 4.69) is 54.4 Å². The summed E-state index contributed by atoms with van der Waals surface area (Å²) < 4.78 is 5.29. The molecule has 0 amide bonds. The van der Waals surface area contributed by atoms with Crippen molar-refractivity contribution in [2.24, 2.45) is 10.9 Å². The molecule has 24 heavy (non-hydrogen) atoms. The molecule has 2 unspecified atom stereocenters. The predicted molar refractivity (Wildman–Crippen MR) is 112 cm³/mol. The van der Waals surface area contributed by atoms with E-state index in [0.717, 1.165) is 45.2 Å². The second-order valence-electron chi connectivity index (χ2n) is 6.39. The van der Waals surface area contributed by atoms with Crippen LogP contribution in [0.5, 0.6) is 0 Å². The fourth-order valence-electron chi connectivity index (χ4n) is 3.13. The van der Waals surface area contributed by atoms with Crippen molar-refractivity contribution in [3.63, 3.8) is 0 Å². The van der Waals surface area contributed by atoms with Crippen LogP contribution in [0.15, 0.2) is 35.3 Å². The first-order valence-electron chi connectivity index (χ1n) is 8.81. The molecule has 0 aliphatic carbocycles. The highest BCUT2D eigenvalue weighted by atomic mass is 127. The molecule has 0 spiro atoms. The zero-order valence-corrected chi connectivity index (χ0v) is 17.5. The summed E-state index contributed by atoms with van der Waals surface area (Å²) in [6.07, 6.45) is 2.27. The molecule has 1 aromatic carbocycles. The third kappa shape index (κ3) is 6.59. The highest BCUT2D eigenvalue weighted by Crippen LogP contribution is 2.19. The molecule has 0 saturated carbocycles. The molecule has 1 N–H and O–H groups in total. The molecular formula is C19H32IN3O. The predicted octanol–water partition coefficient (Wildman–Crippen LogP) is 3.73. The van der Waals surface area contributed by atoms with Crippen molar-refractivity contribution >= 4 is 29.9 Å². The van der Waals surface area contributed by atoms with E-state index < -0.39 is 0 Å². The molecule has 1 fully saturated rings. The van der Waals surface area contributed by atoms with Gasteiger partial charge in [-0.3, -0.25) is 4.99 Å². The van der Waals surface area contributed by atoms with Crippen LogP contribution in [-0.4, -0.2) is 50.8 Å². The van der Waals surface area contributed by atoms with Gasteiger partial charge in [0.1, 0.15) is 0 Å². The Morgan fingerprint density at radius 2 is 2.12 bits per heavy atom. The molecule has 1 aromatic rings. The van der Waals surface area contributed by atoms with Crippen molar-refractivity contribution in [2.45, 2.75) is 32.6 Å². The normalized spacial score (nSPS) is 19.0. The average Bonchev–Trinajstić information content (AvgIpc) is 3.03. The quantitative estimate of drug-likeness (QED) is 0.395. The first-order valence-corrected chi connectivity index (χ1v) is 8.81. The maximum atomic E-state index is 5.29. The first-order chi connectivity index (χ1) is 11.2. The largest absolute Gasteiger partial charge is 0.384 e. The summed E-state index contributed by atoms with van der Waals surface area (Å²) in [6.45, 7) is 9.17. The van der Waals surface area contributed by atoms with E-state index in [1.54, 1.807) is 7.11 Å². The fourth-order valence-corrected chi connectivity index (χ4v) is 3.13. The minimum Gasteiger partial charge on any atom is -0.384 e. The topological polar surface area (TPSA) is 36.9 Å². The van der Waals surface area contributed by atoms with Crippen LogP contribution < -0.4 is 5.32 Å². The number of hydrogen-bond acceptors (Lipinski definition) is 2. The van der Waals surface area contributed by atoms with Gasteiger partial charge in [-0.05, 0) is 31.2 Å². The summed E-state index contributed by atoms with van der Waals surface area (Å²) in [5.41, 5.74) is 1.40. The average molecular weight is 445 g/mol. The van der Waals surface area contributed by atoms with Crippen molar-refractivity contribution < 1.29 is 4.74 Å².